The number of rotatable bonds is 4. The predicted molar refractivity (Wildman–Crippen MR) is 67.0 cm³/mol. The lowest BCUT2D eigenvalue weighted by molar-refractivity contribution is 0.593. The summed E-state index contributed by atoms with van der Waals surface area (Å²) in [5.41, 5.74) is 1.46. The van der Waals surface area contributed by atoms with Crippen LogP contribution in [-0.2, 0) is 6.54 Å². The minimum absolute atomic E-state index is 0.329. The van der Waals surface area contributed by atoms with E-state index in [9.17, 15) is 8.78 Å². The molecule has 0 unspecified atom stereocenters. The lowest BCUT2D eigenvalue weighted by atomic mass is 10.0. The standard InChI is InChI=1S/C14H14F2N2/c1-2-17-8-11-4-3-10(7-13(11)15)12-5-6-18-9-14(12)16/h3-7,9,17H,2,8H2,1H3. The van der Waals surface area contributed by atoms with E-state index in [-0.39, 0.29) is 5.82 Å². The van der Waals surface area contributed by atoms with E-state index in [4.69, 9.17) is 0 Å². The number of aromatic nitrogens is 1. The average molecular weight is 248 g/mol. The highest BCUT2D eigenvalue weighted by Gasteiger charge is 2.08. The SMILES string of the molecule is CCNCc1ccc(-c2ccncc2F)cc1F. The molecule has 0 aliphatic rings. The molecule has 0 saturated carbocycles. The van der Waals surface area contributed by atoms with E-state index < -0.39 is 5.82 Å². The average Bonchev–Trinajstić information content (AvgIpc) is 2.38. The first-order valence-corrected chi connectivity index (χ1v) is 5.81. The van der Waals surface area contributed by atoms with Crippen LogP contribution in [0.2, 0.25) is 0 Å². The van der Waals surface area contributed by atoms with Gasteiger partial charge in [-0.25, -0.2) is 8.78 Å². The predicted octanol–water partition coefficient (Wildman–Crippen LogP) is 3.14. The van der Waals surface area contributed by atoms with Crippen LogP contribution >= 0.6 is 0 Å². The lowest BCUT2D eigenvalue weighted by Crippen LogP contribution is -2.12. The number of benzene rings is 1. The molecule has 94 valence electrons. The number of nitrogens with zero attached hydrogens (tertiary/aromatic N) is 1. The Morgan fingerprint density at radius 2 is 2.00 bits per heavy atom. The second-order valence-corrected chi connectivity index (χ2v) is 3.94. The normalized spacial score (nSPS) is 10.6. The monoisotopic (exact) mass is 248 g/mol. The number of hydrogen-bond donors (Lipinski definition) is 1. The Hall–Kier alpha value is -1.81. The van der Waals surface area contributed by atoms with Crippen molar-refractivity contribution in [3.05, 3.63) is 53.9 Å². The van der Waals surface area contributed by atoms with E-state index in [0.717, 1.165) is 12.7 Å². The second-order valence-electron chi connectivity index (χ2n) is 3.94. The van der Waals surface area contributed by atoms with Crippen molar-refractivity contribution in [1.82, 2.24) is 10.3 Å². The summed E-state index contributed by atoms with van der Waals surface area (Å²) in [6.45, 7) is 3.21. The Kier molecular flexibility index (Phi) is 3.99. The molecule has 18 heavy (non-hydrogen) atoms. The first-order valence-electron chi connectivity index (χ1n) is 5.81. The summed E-state index contributed by atoms with van der Waals surface area (Å²) in [6, 6.07) is 6.28. The fourth-order valence-corrected chi connectivity index (χ4v) is 1.73. The van der Waals surface area contributed by atoms with Gasteiger partial charge in [0, 0.05) is 23.9 Å². The maximum atomic E-state index is 13.8. The summed E-state index contributed by atoms with van der Waals surface area (Å²) in [5, 5.41) is 3.05. The molecule has 2 aromatic rings. The molecular weight excluding hydrogens is 234 g/mol. The third-order valence-corrected chi connectivity index (χ3v) is 2.70. The Balaban J connectivity index is 2.32. The largest absolute Gasteiger partial charge is 0.313 e. The van der Waals surface area contributed by atoms with Crippen molar-refractivity contribution >= 4 is 0 Å². The van der Waals surface area contributed by atoms with Gasteiger partial charge in [0.25, 0.3) is 0 Å². The summed E-state index contributed by atoms with van der Waals surface area (Å²) in [6.07, 6.45) is 2.61. The van der Waals surface area contributed by atoms with Gasteiger partial charge in [-0.15, -0.1) is 0 Å². The summed E-state index contributed by atoms with van der Waals surface area (Å²) in [7, 11) is 0. The van der Waals surface area contributed by atoms with Crippen molar-refractivity contribution in [3.63, 3.8) is 0 Å². The molecule has 1 N–H and O–H groups in total. The molecule has 1 aromatic heterocycles. The summed E-state index contributed by atoms with van der Waals surface area (Å²) in [5.74, 6) is -0.777. The quantitative estimate of drug-likeness (QED) is 0.899. The van der Waals surface area contributed by atoms with E-state index >= 15 is 0 Å². The second kappa shape index (κ2) is 5.69. The van der Waals surface area contributed by atoms with E-state index in [0.29, 0.717) is 23.2 Å². The smallest absolute Gasteiger partial charge is 0.149 e. The third kappa shape index (κ3) is 2.71. The topological polar surface area (TPSA) is 24.9 Å². The molecule has 2 rings (SSSR count). The molecule has 0 amide bonds. The molecule has 0 fully saturated rings. The molecule has 0 atom stereocenters. The van der Waals surface area contributed by atoms with Crippen LogP contribution in [0.5, 0.6) is 0 Å². The Bertz CT molecular complexity index is 541. The summed E-state index contributed by atoms with van der Waals surface area (Å²) in [4.78, 5) is 3.67. The minimum atomic E-state index is -0.448. The van der Waals surface area contributed by atoms with Crippen molar-refractivity contribution in [2.24, 2.45) is 0 Å². The zero-order valence-electron chi connectivity index (χ0n) is 10.1. The van der Waals surface area contributed by atoms with Crippen LogP contribution in [0.15, 0.2) is 36.7 Å². The fourth-order valence-electron chi connectivity index (χ4n) is 1.73. The van der Waals surface area contributed by atoms with Crippen molar-refractivity contribution in [2.75, 3.05) is 6.54 Å². The number of pyridine rings is 1. The van der Waals surface area contributed by atoms with Gasteiger partial charge in [-0.2, -0.15) is 0 Å². The summed E-state index contributed by atoms with van der Waals surface area (Å²) >= 11 is 0. The van der Waals surface area contributed by atoms with Gasteiger partial charge >= 0.3 is 0 Å². The molecule has 1 aromatic carbocycles. The van der Waals surface area contributed by atoms with Gasteiger partial charge in [0.2, 0.25) is 0 Å². The van der Waals surface area contributed by atoms with Crippen LogP contribution < -0.4 is 5.32 Å². The van der Waals surface area contributed by atoms with E-state index in [1.54, 1.807) is 12.1 Å². The van der Waals surface area contributed by atoms with E-state index in [1.165, 1.54) is 18.3 Å². The molecule has 2 nitrogen and oxygen atoms in total. The molecule has 0 saturated heterocycles. The van der Waals surface area contributed by atoms with Gasteiger partial charge in [-0.3, -0.25) is 4.98 Å². The van der Waals surface area contributed by atoms with E-state index in [2.05, 4.69) is 10.3 Å². The third-order valence-electron chi connectivity index (χ3n) is 2.70. The Labute approximate surface area is 105 Å². The van der Waals surface area contributed by atoms with Crippen LogP contribution in [0.3, 0.4) is 0 Å². The highest BCUT2D eigenvalue weighted by atomic mass is 19.1. The van der Waals surface area contributed by atoms with Crippen molar-refractivity contribution in [2.45, 2.75) is 13.5 Å². The Morgan fingerprint density at radius 3 is 2.67 bits per heavy atom. The van der Waals surface area contributed by atoms with Crippen LogP contribution in [0.1, 0.15) is 12.5 Å². The first kappa shape index (κ1) is 12.6. The van der Waals surface area contributed by atoms with Gasteiger partial charge in [-0.1, -0.05) is 19.1 Å². The summed E-state index contributed by atoms with van der Waals surface area (Å²) < 4.78 is 27.3. The van der Waals surface area contributed by atoms with Gasteiger partial charge < -0.3 is 5.32 Å². The van der Waals surface area contributed by atoms with E-state index in [1.807, 2.05) is 6.92 Å². The highest BCUT2D eigenvalue weighted by molar-refractivity contribution is 5.63. The van der Waals surface area contributed by atoms with Gasteiger partial charge in [0.05, 0.1) is 6.20 Å². The number of halogens is 2. The Morgan fingerprint density at radius 1 is 1.17 bits per heavy atom. The zero-order chi connectivity index (χ0) is 13.0. The maximum absolute atomic E-state index is 13.8. The zero-order valence-corrected chi connectivity index (χ0v) is 10.1. The number of hydrogen-bond acceptors (Lipinski definition) is 2. The maximum Gasteiger partial charge on any atom is 0.149 e. The molecule has 0 radical (unpaired) electrons. The van der Waals surface area contributed by atoms with Crippen LogP contribution in [0, 0.1) is 11.6 Å². The van der Waals surface area contributed by atoms with Gasteiger partial charge in [0.15, 0.2) is 0 Å². The first-order chi connectivity index (χ1) is 8.72. The highest BCUT2D eigenvalue weighted by Crippen LogP contribution is 2.23. The molecule has 1 heterocycles. The molecule has 0 spiro atoms. The lowest BCUT2D eigenvalue weighted by Gasteiger charge is -2.07. The molecular formula is C14H14F2N2. The molecule has 4 heteroatoms. The van der Waals surface area contributed by atoms with Crippen LogP contribution in [0.4, 0.5) is 8.78 Å². The molecule has 0 aliphatic carbocycles. The van der Waals surface area contributed by atoms with Crippen LogP contribution in [-0.4, -0.2) is 11.5 Å². The van der Waals surface area contributed by atoms with Crippen LogP contribution in [0.25, 0.3) is 11.1 Å². The fraction of sp³-hybridized carbons (Fsp3) is 0.214. The number of nitrogens with one attached hydrogen (secondary N) is 1. The van der Waals surface area contributed by atoms with Gasteiger partial charge in [-0.05, 0) is 24.2 Å². The van der Waals surface area contributed by atoms with Crippen molar-refractivity contribution in [1.29, 1.82) is 0 Å². The molecule has 0 aliphatic heterocycles. The minimum Gasteiger partial charge on any atom is -0.313 e. The van der Waals surface area contributed by atoms with Crippen molar-refractivity contribution in [3.8, 4) is 11.1 Å². The van der Waals surface area contributed by atoms with Crippen molar-refractivity contribution < 1.29 is 8.78 Å². The molecule has 0 bridgehead atoms. The van der Waals surface area contributed by atoms with Gasteiger partial charge in [0.1, 0.15) is 11.6 Å².